The number of nitrogens with zero attached hydrogens (tertiary/aromatic N) is 1. The van der Waals surface area contributed by atoms with Gasteiger partial charge in [0.25, 0.3) is 5.91 Å². The number of carbonyl (C=O) groups excluding carboxylic acids is 2. The highest BCUT2D eigenvalue weighted by Gasteiger charge is 2.45. The van der Waals surface area contributed by atoms with E-state index in [-0.39, 0.29) is 34.6 Å². The zero-order chi connectivity index (χ0) is 25.3. The van der Waals surface area contributed by atoms with Gasteiger partial charge in [0.2, 0.25) is 15.9 Å². The van der Waals surface area contributed by atoms with Crippen LogP contribution in [0.2, 0.25) is 0 Å². The maximum Gasteiger partial charge on any atom is 0.251 e. The van der Waals surface area contributed by atoms with Crippen LogP contribution >= 0.6 is 0 Å². The van der Waals surface area contributed by atoms with Crippen molar-refractivity contribution in [1.29, 1.82) is 0 Å². The Balaban J connectivity index is 1.20. The van der Waals surface area contributed by atoms with Gasteiger partial charge >= 0.3 is 0 Å². The van der Waals surface area contributed by atoms with E-state index in [9.17, 15) is 18.0 Å². The van der Waals surface area contributed by atoms with Crippen molar-refractivity contribution in [1.82, 2.24) is 14.9 Å². The van der Waals surface area contributed by atoms with E-state index in [1.165, 1.54) is 22.5 Å². The molecule has 3 aromatic carbocycles. The molecule has 36 heavy (non-hydrogen) atoms. The van der Waals surface area contributed by atoms with Gasteiger partial charge < -0.3 is 10.6 Å². The van der Waals surface area contributed by atoms with E-state index in [1.54, 1.807) is 12.1 Å². The van der Waals surface area contributed by atoms with Crippen molar-refractivity contribution in [2.45, 2.75) is 30.3 Å². The monoisotopic (exact) mass is 503 g/mol. The number of amides is 2. The lowest BCUT2D eigenvalue weighted by Crippen LogP contribution is -2.35. The Labute approximate surface area is 211 Å². The number of sulfonamides is 1. The molecule has 1 heterocycles. The van der Waals surface area contributed by atoms with Crippen molar-refractivity contribution in [3.05, 3.63) is 90.5 Å². The van der Waals surface area contributed by atoms with Crippen LogP contribution in [0.4, 0.5) is 0 Å². The molecule has 5 rings (SSSR count). The van der Waals surface area contributed by atoms with E-state index >= 15 is 0 Å². The van der Waals surface area contributed by atoms with Gasteiger partial charge in [-0.3, -0.25) is 9.59 Å². The van der Waals surface area contributed by atoms with Gasteiger partial charge in [-0.05, 0) is 71.4 Å². The fraction of sp³-hybridized carbons (Fsp3) is 0.286. The zero-order valence-electron chi connectivity index (χ0n) is 19.9. The Morgan fingerprint density at radius 2 is 1.61 bits per heavy atom. The second kappa shape index (κ2) is 9.87. The first-order valence-electron chi connectivity index (χ1n) is 12.1. The Morgan fingerprint density at radius 3 is 2.31 bits per heavy atom. The molecule has 2 unspecified atom stereocenters. The molecule has 1 saturated carbocycles. The number of rotatable bonds is 7. The second-order valence-electron chi connectivity index (χ2n) is 9.57. The Bertz CT molecular complexity index is 1400. The van der Waals surface area contributed by atoms with Crippen LogP contribution in [0.15, 0.2) is 84.3 Å². The zero-order valence-corrected chi connectivity index (χ0v) is 20.7. The number of hydrogen-bond donors (Lipinski definition) is 2. The molecule has 0 bridgehead atoms. The summed E-state index contributed by atoms with van der Waals surface area (Å²) < 4.78 is 28.0. The third-order valence-corrected chi connectivity index (χ3v) is 9.17. The summed E-state index contributed by atoms with van der Waals surface area (Å²) in [6.07, 6.45) is 2.80. The summed E-state index contributed by atoms with van der Waals surface area (Å²) in [7, 11) is -3.65. The molecule has 0 radical (unpaired) electrons. The highest BCUT2D eigenvalue weighted by molar-refractivity contribution is 7.89. The molecule has 2 amide bonds. The van der Waals surface area contributed by atoms with Crippen molar-refractivity contribution >= 4 is 32.6 Å². The summed E-state index contributed by atoms with van der Waals surface area (Å²) in [6, 6.07) is 20.2. The third-order valence-electron chi connectivity index (χ3n) is 7.32. The highest BCUT2D eigenvalue weighted by atomic mass is 32.2. The fourth-order valence-corrected chi connectivity index (χ4v) is 7.04. The molecule has 2 fully saturated rings. The van der Waals surface area contributed by atoms with Crippen molar-refractivity contribution in [3.63, 3.8) is 0 Å². The van der Waals surface area contributed by atoms with Crippen LogP contribution in [0.1, 0.15) is 28.8 Å². The van der Waals surface area contributed by atoms with Gasteiger partial charge in [-0.1, -0.05) is 49.0 Å². The average Bonchev–Trinajstić information content (AvgIpc) is 3.46. The van der Waals surface area contributed by atoms with E-state index in [1.807, 2.05) is 42.5 Å². The number of benzene rings is 3. The van der Waals surface area contributed by atoms with E-state index in [0.29, 0.717) is 25.2 Å². The summed E-state index contributed by atoms with van der Waals surface area (Å²) >= 11 is 0. The standard InChI is InChI=1S/C28H29N3O4S/c1-2-27(32)30-24-14-22-17-31(18-23(22)15-24)36(34,35)25-12-10-20(11-13-25)28(33)29-16-21-8-5-7-19-6-3-4-9-26(19)21/h2-13,22-24H,1,14-18H2,(H,29,33)(H,30,32). The van der Waals surface area contributed by atoms with Gasteiger partial charge in [-0.25, -0.2) is 8.42 Å². The van der Waals surface area contributed by atoms with E-state index in [4.69, 9.17) is 0 Å². The van der Waals surface area contributed by atoms with E-state index in [0.717, 1.165) is 29.2 Å². The van der Waals surface area contributed by atoms with Crippen molar-refractivity contribution in [3.8, 4) is 0 Å². The van der Waals surface area contributed by atoms with Crippen LogP contribution < -0.4 is 10.6 Å². The number of carbonyl (C=O) groups is 2. The number of hydrogen-bond acceptors (Lipinski definition) is 4. The largest absolute Gasteiger partial charge is 0.350 e. The molecular formula is C28H29N3O4S. The van der Waals surface area contributed by atoms with Crippen LogP contribution in [0.3, 0.4) is 0 Å². The molecule has 1 saturated heterocycles. The predicted molar refractivity (Wildman–Crippen MR) is 139 cm³/mol. The fourth-order valence-electron chi connectivity index (χ4n) is 5.48. The Hall–Kier alpha value is -3.49. The van der Waals surface area contributed by atoms with Gasteiger partial charge in [-0.2, -0.15) is 4.31 Å². The Kier molecular flexibility index (Phi) is 6.64. The summed E-state index contributed by atoms with van der Waals surface area (Å²) in [5.41, 5.74) is 1.43. The van der Waals surface area contributed by atoms with Crippen LogP contribution in [-0.2, 0) is 21.4 Å². The van der Waals surface area contributed by atoms with E-state index < -0.39 is 10.0 Å². The Morgan fingerprint density at radius 1 is 0.944 bits per heavy atom. The van der Waals surface area contributed by atoms with E-state index in [2.05, 4.69) is 17.2 Å². The molecule has 2 aliphatic rings. The summed E-state index contributed by atoms with van der Waals surface area (Å²) in [6.45, 7) is 4.75. The molecule has 7 nitrogen and oxygen atoms in total. The van der Waals surface area contributed by atoms with Crippen LogP contribution in [0.5, 0.6) is 0 Å². The maximum absolute atomic E-state index is 13.2. The minimum atomic E-state index is -3.65. The van der Waals surface area contributed by atoms with Gasteiger partial charge in [0.05, 0.1) is 4.90 Å². The maximum atomic E-state index is 13.2. The van der Waals surface area contributed by atoms with Crippen molar-refractivity contribution < 1.29 is 18.0 Å². The highest BCUT2D eigenvalue weighted by Crippen LogP contribution is 2.40. The van der Waals surface area contributed by atoms with Crippen LogP contribution in [-0.4, -0.2) is 43.7 Å². The molecule has 8 heteroatoms. The summed E-state index contributed by atoms with van der Waals surface area (Å²) in [5.74, 6) is 0.0175. The topological polar surface area (TPSA) is 95.6 Å². The normalized spacial score (nSPS) is 21.7. The number of nitrogens with one attached hydrogen (secondary N) is 2. The van der Waals surface area contributed by atoms with Gasteiger partial charge in [0.15, 0.2) is 0 Å². The first-order chi connectivity index (χ1) is 17.3. The summed E-state index contributed by atoms with van der Waals surface area (Å²) in [4.78, 5) is 24.5. The minimum absolute atomic E-state index is 0.0713. The lowest BCUT2D eigenvalue weighted by molar-refractivity contribution is -0.117. The molecule has 2 N–H and O–H groups in total. The molecule has 1 aliphatic heterocycles. The molecular weight excluding hydrogens is 474 g/mol. The molecule has 1 aliphatic carbocycles. The van der Waals surface area contributed by atoms with Gasteiger partial charge in [0, 0.05) is 31.2 Å². The van der Waals surface area contributed by atoms with Crippen LogP contribution in [0, 0.1) is 11.8 Å². The second-order valence-corrected chi connectivity index (χ2v) is 11.5. The molecule has 3 aromatic rings. The molecule has 2 atom stereocenters. The first-order valence-corrected chi connectivity index (χ1v) is 13.6. The average molecular weight is 504 g/mol. The van der Waals surface area contributed by atoms with Gasteiger partial charge in [0.1, 0.15) is 0 Å². The SMILES string of the molecule is C=CC(=O)NC1CC2CN(S(=O)(=O)c3ccc(C(=O)NCc4cccc5ccccc45)cc3)CC2C1. The minimum Gasteiger partial charge on any atom is -0.350 e. The lowest BCUT2D eigenvalue weighted by atomic mass is 10.0. The molecule has 0 aromatic heterocycles. The first kappa shape index (κ1) is 24.2. The van der Waals surface area contributed by atoms with Crippen LogP contribution in [0.25, 0.3) is 10.8 Å². The predicted octanol–water partition coefficient (Wildman–Crippen LogP) is 3.47. The number of fused-ring (bicyclic) bond motifs is 2. The lowest BCUT2D eigenvalue weighted by Gasteiger charge is -2.19. The smallest absolute Gasteiger partial charge is 0.251 e. The summed E-state index contributed by atoms with van der Waals surface area (Å²) in [5, 5.41) is 8.06. The van der Waals surface area contributed by atoms with Gasteiger partial charge in [-0.15, -0.1) is 0 Å². The van der Waals surface area contributed by atoms with Crippen molar-refractivity contribution in [2.24, 2.45) is 11.8 Å². The molecule has 0 spiro atoms. The van der Waals surface area contributed by atoms with Crippen molar-refractivity contribution in [2.75, 3.05) is 13.1 Å². The quantitative estimate of drug-likeness (QED) is 0.483. The third kappa shape index (κ3) is 4.79. The molecule has 186 valence electrons.